The van der Waals surface area contributed by atoms with Crippen LogP contribution in [0.5, 0.6) is 28.7 Å². The van der Waals surface area contributed by atoms with Gasteiger partial charge in [0.2, 0.25) is 5.75 Å². The van der Waals surface area contributed by atoms with Gasteiger partial charge in [-0.1, -0.05) is 37.3 Å². The molecule has 0 spiro atoms. The normalized spacial score (nSPS) is 17.5. The van der Waals surface area contributed by atoms with Crippen molar-refractivity contribution in [3.63, 3.8) is 0 Å². The Labute approximate surface area is 248 Å². The number of hydrogen-bond donors (Lipinski definition) is 1. The molecular formula is C32H40O9S. The first-order valence-corrected chi connectivity index (χ1v) is 15.7. The van der Waals surface area contributed by atoms with E-state index in [1.807, 2.05) is 49.4 Å². The Morgan fingerprint density at radius 1 is 0.857 bits per heavy atom. The molecule has 1 N–H and O–H groups in total. The van der Waals surface area contributed by atoms with E-state index in [1.54, 1.807) is 33.5 Å². The van der Waals surface area contributed by atoms with Gasteiger partial charge in [-0.15, -0.1) is 0 Å². The van der Waals surface area contributed by atoms with Crippen LogP contribution < -0.4 is 23.7 Å². The van der Waals surface area contributed by atoms with E-state index in [4.69, 9.17) is 28.4 Å². The van der Waals surface area contributed by atoms with Crippen molar-refractivity contribution in [2.75, 3.05) is 33.7 Å². The average molecular weight is 601 g/mol. The van der Waals surface area contributed by atoms with Crippen molar-refractivity contribution >= 4 is 9.84 Å². The fraction of sp³-hybridized carbons (Fsp3) is 0.438. The third-order valence-electron chi connectivity index (χ3n) is 6.98. The summed E-state index contributed by atoms with van der Waals surface area (Å²) >= 11 is 0. The Kier molecular flexibility index (Phi) is 10.6. The molecule has 3 atom stereocenters. The van der Waals surface area contributed by atoms with Crippen LogP contribution in [0.25, 0.3) is 0 Å². The van der Waals surface area contributed by atoms with Crippen LogP contribution in [-0.4, -0.2) is 53.3 Å². The maximum Gasteiger partial charge on any atom is 0.203 e. The summed E-state index contributed by atoms with van der Waals surface area (Å²) in [7, 11) is 0.752. The molecule has 0 saturated carbocycles. The molecular weight excluding hydrogens is 560 g/mol. The largest absolute Gasteiger partial charge is 0.493 e. The molecule has 1 heterocycles. The quantitative estimate of drug-likeness (QED) is 0.244. The van der Waals surface area contributed by atoms with Crippen molar-refractivity contribution < 1.29 is 41.9 Å². The number of benzene rings is 3. The van der Waals surface area contributed by atoms with Crippen molar-refractivity contribution in [1.82, 2.24) is 0 Å². The van der Waals surface area contributed by atoms with Crippen LogP contribution in [-0.2, 0) is 21.2 Å². The minimum atomic E-state index is -3.93. The molecule has 1 unspecified atom stereocenters. The van der Waals surface area contributed by atoms with E-state index in [9.17, 15) is 13.5 Å². The van der Waals surface area contributed by atoms with Crippen molar-refractivity contribution in [2.24, 2.45) is 0 Å². The molecule has 0 amide bonds. The molecule has 3 aromatic carbocycles. The molecule has 228 valence electrons. The second kappa shape index (κ2) is 14.1. The first kappa shape index (κ1) is 31.5. The molecule has 0 bridgehead atoms. The zero-order valence-corrected chi connectivity index (χ0v) is 25.6. The lowest BCUT2D eigenvalue weighted by Gasteiger charge is -2.21. The highest BCUT2D eigenvalue weighted by Crippen LogP contribution is 2.48. The summed E-state index contributed by atoms with van der Waals surface area (Å²) in [6.45, 7) is 3.92. The van der Waals surface area contributed by atoms with E-state index >= 15 is 0 Å². The molecule has 0 radical (unpaired) electrons. The zero-order valence-electron chi connectivity index (χ0n) is 24.8. The predicted octanol–water partition coefficient (Wildman–Crippen LogP) is 5.83. The lowest BCUT2D eigenvalue weighted by Crippen LogP contribution is -2.19. The minimum Gasteiger partial charge on any atom is -0.493 e. The summed E-state index contributed by atoms with van der Waals surface area (Å²) in [5.74, 6) is 1.56. The Bertz CT molecular complexity index is 1410. The topological polar surface area (TPSA) is 110 Å². The van der Waals surface area contributed by atoms with Crippen LogP contribution in [0.15, 0.2) is 59.5 Å². The van der Waals surface area contributed by atoms with Crippen LogP contribution in [0, 0.1) is 0 Å². The van der Waals surface area contributed by atoms with E-state index in [-0.39, 0.29) is 23.4 Å². The summed E-state index contributed by atoms with van der Waals surface area (Å²) in [5, 5.41) is 10.00. The monoisotopic (exact) mass is 600 g/mol. The fourth-order valence-corrected chi connectivity index (χ4v) is 6.60. The summed E-state index contributed by atoms with van der Waals surface area (Å²) < 4.78 is 62.3. The lowest BCUT2D eigenvalue weighted by molar-refractivity contribution is 0.0434. The van der Waals surface area contributed by atoms with Gasteiger partial charge in [-0.3, -0.25) is 0 Å². The van der Waals surface area contributed by atoms with Gasteiger partial charge < -0.3 is 33.5 Å². The van der Waals surface area contributed by atoms with E-state index in [2.05, 4.69) is 0 Å². The molecule has 9 nitrogen and oxygen atoms in total. The van der Waals surface area contributed by atoms with Crippen molar-refractivity contribution in [3.8, 4) is 28.7 Å². The van der Waals surface area contributed by atoms with Crippen LogP contribution in [0.2, 0.25) is 0 Å². The first-order valence-electron chi connectivity index (χ1n) is 14.0. The molecule has 10 heteroatoms. The average Bonchev–Trinajstić information content (AvgIpc) is 3.48. The van der Waals surface area contributed by atoms with Crippen LogP contribution in [0.4, 0.5) is 0 Å². The molecule has 0 aromatic heterocycles. The van der Waals surface area contributed by atoms with Gasteiger partial charge in [-0.25, -0.2) is 8.42 Å². The van der Waals surface area contributed by atoms with E-state index in [0.717, 1.165) is 11.1 Å². The van der Waals surface area contributed by atoms with Gasteiger partial charge in [0.1, 0.15) is 11.5 Å². The van der Waals surface area contributed by atoms with E-state index < -0.39 is 27.8 Å². The molecule has 1 fully saturated rings. The van der Waals surface area contributed by atoms with E-state index in [0.29, 0.717) is 54.4 Å². The molecule has 1 saturated heterocycles. The molecule has 3 aromatic rings. The summed E-state index contributed by atoms with van der Waals surface area (Å²) in [6.07, 6.45) is 0.258. The summed E-state index contributed by atoms with van der Waals surface area (Å²) in [6, 6.07) is 16.7. The molecule has 42 heavy (non-hydrogen) atoms. The zero-order chi connectivity index (χ0) is 30.3. The smallest absolute Gasteiger partial charge is 0.203 e. The van der Waals surface area contributed by atoms with Gasteiger partial charge in [0, 0.05) is 0 Å². The van der Waals surface area contributed by atoms with Crippen LogP contribution >= 0.6 is 0 Å². The lowest BCUT2D eigenvalue weighted by atomic mass is 10.0. The van der Waals surface area contributed by atoms with Gasteiger partial charge in [0.15, 0.2) is 32.8 Å². The highest BCUT2D eigenvalue weighted by molar-refractivity contribution is 7.91. The van der Waals surface area contributed by atoms with Gasteiger partial charge in [0.05, 0.1) is 52.0 Å². The van der Waals surface area contributed by atoms with Crippen molar-refractivity contribution in [3.05, 3.63) is 71.3 Å². The number of ether oxygens (including phenoxy) is 6. The number of hydrogen-bond acceptors (Lipinski definition) is 9. The molecule has 1 aliphatic rings. The Hall–Kier alpha value is -3.47. The van der Waals surface area contributed by atoms with Gasteiger partial charge in [0.25, 0.3) is 0 Å². The molecule has 1 aliphatic heterocycles. The number of sulfone groups is 1. The predicted molar refractivity (Wildman–Crippen MR) is 159 cm³/mol. The van der Waals surface area contributed by atoms with E-state index in [1.165, 1.54) is 6.92 Å². The second-order valence-electron chi connectivity index (χ2n) is 10.2. The highest BCUT2D eigenvalue weighted by Gasteiger charge is 2.33. The first-order chi connectivity index (χ1) is 20.2. The Balaban J connectivity index is 1.73. The maximum atomic E-state index is 13.5. The Morgan fingerprint density at radius 2 is 1.45 bits per heavy atom. The minimum absolute atomic E-state index is 0.0164. The van der Waals surface area contributed by atoms with Gasteiger partial charge >= 0.3 is 0 Å². The third-order valence-corrected chi connectivity index (χ3v) is 8.87. The number of methoxy groups -OCH3 is 3. The van der Waals surface area contributed by atoms with Crippen molar-refractivity contribution in [2.45, 2.75) is 62.9 Å². The fourth-order valence-electron chi connectivity index (χ4n) is 5.02. The standard InChI is InChI=1S/C32H40O9S/c1-6-14-39-32-29(40-19-22-10-8-7-9-11-22)17-24(18-30(32)42(34,35)20-21(2)33)26-13-12-25(41-26)23-15-27(36-3)31(38-5)28(16-23)37-4/h7-11,15-18,21,25-26,33H,6,12-14,19-20H2,1-5H3/t21?,25-,26-/m1/s1. The number of aliphatic hydroxyl groups excluding tert-OH is 1. The summed E-state index contributed by atoms with van der Waals surface area (Å²) in [5.41, 5.74) is 2.44. The van der Waals surface area contributed by atoms with Gasteiger partial charge in [-0.2, -0.15) is 0 Å². The Morgan fingerprint density at radius 3 is 2.00 bits per heavy atom. The molecule has 4 rings (SSSR count). The molecule has 0 aliphatic carbocycles. The summed E-state index contributed by atoms with van der Waals surface area (Å²) in [4.78, 5) is -0.0164. The SMILES string of the molecule is CCCOc1c(OCc2ccccc2)cc([C@H]2CC[C@H](c3cc(OC)c(OC)c(OC)c3)O2)cc1S(=O)(=O)CC(C)O. The number of aliphatic hydroxyl groups is 1. The maximum absolute atomic E-state index is 13.5. The van der Waals surface area contributed by atoms with Crippen LogP contribution in [0.3, 0.4) is 0 Å². The highest BCUT2D eigenvalue weighted by atomic mass is 32.2. The van der Waals surface area contributed by atoms with Crippen molar-refractivity contribution in [1.29, 1.82) is 0 Å². The third kappa shape index (κ3) is 7.29. The number of rotatable bonds is 14. The second-order valence-corrected chi connectivity index (χ2v) is 12.3. The van der Waals surface area contributed by atoms with Gasteiger partial charge in [-0.05, 0) is 67.1 Å². The van der Waals surface area contributed by atoms with Crippen LogP contribution in [0.1, 0.15) is 62.0 Å².